The molecule has 0 aromatic heterocycles. The maximum atomic E-state index is 14.0. The third-order valence-corrected chi connectivity index (χ3v) is 4.00. The molecule has 0 aliphatic rings. The third kappa shape index (κ3) is 6.68. The Labute approximate surface area is 143 Å². The number of unbranched alkanes of at least 4 members (excludes halogenated alkanes) is 4. The number of rotatable bonds is 8. The monoisotopic (exact) mass is 310 g/mol. The summed E-state index contributed by atoms with van der Waals surface area (Å²) in [4.78, 5) is -0.434. The van der Waals surface area contributed by atoms with Crippen LogP contribution in [0.4, 0.5) is 4.39 Å². The molecular formula is C14H20FNaO3S. The van der Waals surface area contributed by atoms with Crippen LogP contribution in [0, 0.1) is 0 Å². The van der Waals surface area contributed by atoms with Gasteiger partial charge in [0.2, 0.25) is 0 Å². The van der Waals surface area contributed by atoms with Crippen LogP contribution in [-0.2, 0) is 10.1 Å². The molecule has 0 bridgehead atoms. The molecule has 6 heteroatoms. The molecule has 0 aliphatic carbocycles. The maximum absolute atomic E-state index is 14.0. The average Bonchev–Trinajstić information content (AvgIpc) is 2.37. The molecule has 0 saturated heterocycles. The molecule has 0 heterocycles. The van der Waals surface area contributed by atoms with Crippen molar-refractivity contribution in [1.82, 2.24) is 0 Å². The molecule has 0 spiro atoms. The minimum absolute atomic E-state index is 0. The van der Waals surface area contributed by atoms with E-state index in [2.05, 4.69) is 6.92 Å². The van der Waals surface area contributed by atoms with Crippen LogP contribution in [0.3, 0.4) is 0 Å². The van der Waals surface area contributed by atoms with Gasteiger partial charge in [-0.2, -0.15) is 0 Å². The molecule has 0 saturated carbocycles. The van der Waals surface area contributed by atoms with E-state index in [9.17, 15) is 17.4 Å². The van der Waals surface area contributed by atoms with E-state index in [-0.39, 0.29) is 41.5 Å². The SMILES string of the molecule is CCCCCCCC(F)c1ccccc1S(=O)(=O)[O-].[Na+]. The fourth-order valence-corrected chi connectivity index (χ4v) is 2.78. The van der Waals surface area contributed by atoms with Crippen LogP contribution in [0.2, 0.25) is 0 Å². The van der Waals surface area contributed by atoms with E-state index in [1.807, 2.05) is 0 Å². The first-order valence-electron chi connectivity index (χ1n) is 6.65. The number of hydrogen-bond acceptors (Lipinski definition) is 3. The van der Waals surface area contributed by atoms with Gasteiger partial charge in [0, 0.05) is 5.56 Å². The molecule has 0 amide bonds. The minimum Gasteiger partial charge on any atom is -0.744 e. The topological polar surface area (TPSA) is 57.2 Å². The molecule has 1 rings (SSSR count). The van der Waals surface area contributed by atoms with Crippen LogP contribution in [0.25, 0.3) is 0 Å². The fraction of sp³-hybridized carbons (Fsp3) is 0.571. The Hall–Kier alpha value is 0.0600. The van der Waals surface area contributed by atoms with Crippen LogP contribution in [0.5, 0.6) is 0 Å². The van der Waals surface area contributed by atoms with Crippen molar-refractivity contribution in [3.63, 3.8) is 0 Å². The van der Waals surface area contributed by atoms with Gasteiger partial charge in [-0.3, -0.25) is 0 Å². The number of benzene rings is 1. The summed E-state index contributed by atoms with van der Waals surface area (Å²) in [5.74, 6) is 0. The van der Waals surface area contributed by atoms with Gasteiger partial charge in [-0.1, -0.05) is 57.2 Å². The Morgan fingerprint density at radius 3 is 2.35 bits per heavy atom. The molecule has 20 heavy (non-hydrogen) atoms. The van der Waals surface area contributed by atoms with Gasteiger partial charge in [-0.15, -0.1) is 0 Å². The molecule has 1 atom stereocenters. The maximum Gasteiger partial charge on any atom is 1.00 e. The summed E-state index contributed by atoms with van der Waals surface area (Å²) in [6.07, 6.45) is 3.82. The molecule has 1 unspecified atom stereocenters. The second-order valence-electron chi connectivity index (χ2n) is 4.66. The fourth-order valence-electron chi connectivity index (χ4n) is 2.05. The van der Waals surface area contributed by atoms with Gasteiger partial charge in [0.25, 0.3) is 0 Å². The van der Waals surface area contributed by atoms with E-state index in [1.54, 1.807) is 6.07 Å². The van der Waals surface area contributed by atoms with Gasteiger partial charge in [0.05, 0.1) is 4.90 Å². The summed E-state index contributed by atoms with van der Waals surface area (Å²) in [6, 6.07) is 5.53. The first-order chi connectivity index (χ1) is 8.96. The van der Waals surface area contributed by atoms with Crippen LogP contribution in [0.15, 0.2) is 29.2 Å². The van der Waals surface area contributed by atoms with Crippen LogP contribution < -0.4 is 29.6 Å². The van der Waals surface area contributed by atoms with Crippen LogP contribution in [-0.4, -0.2) is 13.0 Å². The first-order valence-corrected chi connectivity index (χ1v) is 8.06. The third-order valence-electron chi connectivity index (χ3n) is 3.09. The van der Waals surface area contributed by atoms with Crippen molar-refractivity contribution in [2.45, 2.75) is 56.5 Å². The van der Waals surface area contributed by atoms with E-state index in [1.165, 1.54) is 18.2 Å². The molecule has 3 nitrogen and oxygen atoms in total. The molecule has 0 radical (unpaired) electrons. The van der Waals surface area contributed by atoms with Crippen molar-refractivity contribution in [3.05, 3.63) is 29.8 Å². The van der Waals surface area contributed by atoms with Crippen molar-refractivity contribution >= 4 is 10.1 Å². The zero-order chi connectivity index (χ0) is 14.3. The van der Waals surface area contributed by atoms with Gasteiger partial charge >= 0.3 is 29.6 Å². The van der Waals surface area contributed by atoms with E-state index in [4.69, 9.17) is 0 Å². The normalized spacial score (nSPS) is 12.8. The molecule has 0 aliphatic heterocycles. The number of halogens is 1. The molecule has 1 aromatic carbocycles. The van der Waals surface area contributed by atoms with Crippen molar-refractivity contribution < 1.29 is 46.9 Å². The zero-order valence-corrected chi connectivity index (χ0v) is 15.0. The predicted octanol–water partition coefficient (Wildman–Crippen LogP) is 0.966. The molecule has 1 aromatic rings. The Morgan fingerprint density at radius 1 is 1.15 bits per heavy atom. The Bertz CT molecular complexity index is 491. The van der Waals surface area contributed by atoms with Crippen molar-refractivity contribution in [2.75, 3.05) is 0 Å². The molecule has 0 fully saturated rings. The molecule has 0 N–H and O–H groups in total. The molecular weight excluding hydrogens is 290 g/mol. The largest absolute Gasteiger partial charge is 1.00 e. The van der Waals surface area contributed by atoms with Gasteiger partial charge in [0.15, 0.2) is 0 Å². The van der Waals surface area contributed by atoms with E-state index >= 15 is 0 Å². The standard InChI is InChI=1S/C14H21FO3S.Na/c1-2-3-4-5-6-10-13(15)12-9-7-8-11-14(12)19(16,17)18;/h7-9,11,13H,2-6,10H2,1H3,(H,16,17,18);/q;+1/p-1. The Balaban J connectivity index is 0.00000361. The number of alkyl halides is 1. The van der Waals surface area contributed by atoms with Gasteiger partial charge in [0.1, 0.15) is 16.3 Å². The summed E-state index contributed by atoms with van der Waals surface area (Å²) in [7, 11) is -4.61. The zero-order valence-electron chi connectivity index (χ0n) is 12.1. The van der Waals surface area contributed by atoms with Crippen molar-refractivity contribution in [2.24, 2.45) is 0 Å². The minimum atomic E-state index is -4.61. The smallest absolute Gasteiger partial charge is 0.744 e. The van der Waals surface area contributed by atoms with Crippen LogP contribution >= 0.6 is 0 Å². The van der Waals surface area contributed by atoms with E-state index < -0.39 is 21.2 Å². The second-order valence-corrected chi connectivity index (χ2v) is 6.01. The Kier molecular flexibility index (Phi) is 9.93. The summed E-state index contributed by atoms with van der Waals surface area (Å²) in [5.41, 5.74) is -0.00649. The summed E-state index contributed by atoms with van der Waals surface area (Å²) >= 11 is 0. The Morgan fingerprint density at radius 2 is 1.75 bits per heavy atom. The van der Waals surface area contributed by atoms with Gasteiger partial charge in [-0.25, -0.2) is 12.8 Å². The van der Waals surface area contributed by atoms with Gasteiger partial charge in [-0.05, 0) is 12.5 Å². The quantitative estimate of drug-likeness (QED) is 0.408. The first kappa shape index (κ1) is 20.1. The van der Waals surface area contributed by atoms with Gasteiger partial charge < -0.3 is 4.55 Å². The van der Waals surface area contributed by atoms with Crippen molar-refractivity contribution in [3.8, 4) is 0 Å². The van der Waals surface area contributed by atoms with E-state index in [0.29, 0.717) is 6.42 Å². The summed E-state index contributed by atoms with van der Waals surface area (Å²) in [6.45, 7) is 2.10. The summed E-state index contributed by atoms with van der Waals surface area (Å²) < 4.78 is 47.2. The predicted molar refractivity (Wildman–Crippen MR) is 71.6 cm³/mol. The van der Waals surface area contributed by atoms with Crippen LogP contribution in [0.1, 0.15) is 57.2 Å². The molecule has 108 valence electrons. The summed E-state index contributed by atoms with van der Waals surface area (Å²) in [5, 5.41) is 0. The van der Waals surface area contributed by atoms with Crippen molar-refractivity contribution in [1.29, 1.82) is 0 Å². The van der Waals surface area contributed by atoms with E-state index in [0.717, 1.165) is 25.7 Å². The average molecular weight is 310 g/mol. The number of hydrogen-bond donors (Lipinski definition) is 0. The second kappa shape index (κ2) is 9.90.